The predicted molar refractivity (Wildman–Crippen MR) is 36.3 cm³/mol. The average molecular weight is 135 g/mol. The maximum atomic E-state index is 5.05. The highest BCUT2D eigenvalue weighted by atomic mass is 16.7. The van der Waals surface area contributed by atoms with E-state index in [1.54, 1.807) is 0 Å². The Labute approximate surface area is 59.4 Å². The van der Waals surface area contributed by atoms with Crippen LogP contribution in [0.3, 0.4) is 0 Å². The molecule has 1 aliphatic carbocycles. The second-order valence-electron chi connectivity index (χ2n) is 2.12. The van der Waals surface area contributed by atoms with Crippen LogP contribution in [0.15, 0.2) is 36.8 Å². The molecule has 0 aromatic carbocycles. The molecule has 2 aliphatic rings. The standard InChI is InChI=1S/C8H7O2/c1-2-4-7(3-1)8-9-5-6-10-8/h1-7H. The highest BCUT2D eigenvalue weighted by Gasteiger charge is 2.25. The fraction of sp³-hybridized carbons (Fsp3) is 0.125. The van der Waals surface area contributed by atoms with Gasteiger partial charge in [0.1, 0.15) is 12.5 Å². The number of hydrogen-bond donors (Lipinski definition) is 0. The van der Waals surface area contributed by atoms with Crippen molar-refractivity contribution in [3.8, 4) is 0 Å². The second kappa shape index (κ2) is 2.21. The van der Waals surface area contributed by atoms with E-state index in [1.807, 2.05) is 24.3 Å². The molecule has 0 saturated heterocycles. The zero-order valence-corrected chi connectivity index (χ0v) is 5.36. The van der Waals surface area contributed by atoms with Gasteiger partial charge in [0.2, 0.25) is 0 Å². The van der Waals surface area contributed by atoms with Crippen LogP contribution in [0.25, 0.3) is 0 Å². The number of rotatable bonds is 1. The van der Waals surface area contributed by atoms with Gasteiger partial charge in [-0.2, -0.15) is 0 Å². The summed E-state index contributed by atoms with van der Waals surface area (Å²) in [4.78, 5) is 0. The van der Waals surface area contributed by atoms with Crippen LogP contribution < -0.4 is 0 Å². The summed E-state index contributed by atoms with van der Waals surface area (Å²) in [5, 5.41) is 0. The Hall–Kier alpha value is -1.18. The van der Waals surface area contributed by atoms with Crippen LogP contribution in [0.2, 0.25) is 0 Å². The van der Waals surface area contributed by atoms with Crippen molar-refractivity contribution in [2.45, 2.75) is 0 Å². The fourth-order valence-corrected chi connectivity index (χ4v) is 0.964. The van der Waals surface area contributed by atoms with Crippen LogP contribution in [0.4, 0.5) is 0 Å². The first-order valence-corrected chi connectivity index (χ1v) is 3.17. The minimum Gasteiger partial charge on any atom is -0.450 e. The molecule has 2 heteroatoms. The lowest BCUT2D eigenvalue weighted by Gasteiger charge is -2.10. The average Bonchev–Trinajstić information content (AvgIpc) is 2.59. The smallest absolute Gasteiger partial charge is 0.339 e. The molecule has 51 valence electrons. The van der Waals surface area contributed by atoms with Crippen LogP contribution in [0, 0.1) is 12.2 Å². The van der Waals surface area contributed by atoms with E-state index in [0.29, 0.717) is 6.29 Å². The molecular weight excluding hydrogens is 128 g/mol. The first kappa shape index (κ1) is 5.59. The molecule has 0 fully saturated rings. The van der Waals surface area contributed by atoms with Gasteiger partial charge < -0.3 is 9.47 Å². The molecule has 1 radical (unpaired) electrons. The molecule has 0 unspecified atom stereocenters. The molecule has 0 aromatic heterocycles. The van der Waals surface area contributed by atoms with Crippen LogP contribution in [-0.2, 0) is 9.47 Å². The minimum absolute atomic E-state index is 0.204. The van der Waals surface area contributed by atoms with Crippen molar-refractivity contribution in [2.75, 3.05) is 0 Å². The molecule has 0 amide bonds. The molecule has 0 N–H and O–H groups in total. The van der Waals surface area contributed by atoms with Gasteiger partial charge >= 0.3 is 6.29 Å². The summed E-state index contributed by atoms with van der Waals surface area (Å²) in [7, 11) is 0. The Bertz CT molecular complexity index is 183. The zero-order chi connectivity index (χ0) is 6.81. The predicted octanol–water partition coefficient (Wildman–Crippen LogP) is 1.74. The summed E-state index contributed by atoms with van der Waals surface area (Å²) in [6.07, 6.45) is 11.7. The van der Waals surface area contributed by atoms with E-state index in [4.69, 9.17) is 9.47 Å². The summed E-state index contributed by atoms with van der Waals surface area (Å²) in [5.41, 5.74) is 0. The fourth-order valence-electron chi connectivity index (χ4n) is 0.964. The third-order valence-corrected chi connectivity index (χ3v) is 1.44. The molecule has 0 spiro atoms. The maximum absolute atomic E-state index is 5.05. The summed E-state index contributed by atoms with van der Waals surface area (Å²) in [6.45, 7) is 0. The van der Waals surface area contributed by atoms with Gasteiger partial charge in [-0.3, -0.25) is 0 Å². The molecule has 0 aromatic rings. The van der Waals surface area contributed by atoms with Gasteiger partial charge in [-0.25, -0.2) is 0 Å². The van der Waals surface area contributed by atoms with Gasteiger partial charge in [0.15, 0.2) is 0 Å². The quantitative estimate of drug-likeness (QED) is 0.545. The van der Waals surface area contributed by atoms with Crippen molar-refractivity contribution in [3.63, 3.8) is 0 Å². The third kappa shape index (κ3) is 0.817. The maximum Gasteiger partial charge on any atom is 0.339 e. The minimum atomic E-state index is 0.204. The summed E-state index contributed by atoms with van der Waals surface area (Å²) < 4.78 is 10.1. The Morgan fingerprint density at radius 1 is 1.00 bits per heavy atom. The SMILES string of the molecule is C1=CC([C]2OC=CO2)C=C1. The van der Waals surface area contributed by atoms with Crippen molar-refractivity contribution < 1.29 is 9.47 Å². The molecule has 1 heterocycles. The largest absolute Gasteiger partial charge is 0.450 e. The summed E-state index contributed by atoms with van der Waals surface area (Å²) in [5.74, 6) is 0.204. The summed E-state index contributed by atoms with van der Waals surface area (Å²) >= 11 is 0. The van der Waals surface area contributed by atoms with Gasteiger partial charge in [-0.05, 0) is 0 Å². The molecule has 0 bridgehead atoms. The van der Waals surface area contributed by atoms with E-state index in [-0.39, 0.29) is 5.92 Å². The lowest BCUT2D eigenvalue weighted by Crippen LogP contribution is -2.06. The van der Waals surface area contributed by atoms with E-state index in [0.717, 1.165) is 0 Å². The molecule has 0 atom stereocenters. The Morgan fingerprint density at radius 3 is 2.20 bits per heavy atom. The highest BCUT2D eigenvalue weighted by Crippen LogP contribution is 2.27. The van der Waals surface area contributed by atoms with Crippen molar-refractivity contribution in [1.29, 1.82) is 0 Å². The van der Waals surface area contributed by atoms with Gasteiger partial charge in [-0.1, -0.05) is 24.3 Å². The van der Waals surface area contributed by atoms with E-state index in [1.165, 1.54) is 12.5 Å². The van der Waals surface area contributed by atoms with Crippen LogP contribution in [0.5, 0.6) is 0 Å². The number of ether oxygens (including phenoxy) is 2. The van der Waals surface area contributed by atoms with Crippen molar-refractivity contribution in [3.05, 3.63) is 43.1 Å². The monoisotopic (exact) mass is 135 g/mol. The second-order valence-corrected chi connectivity index (χ2v) is 2.12. The van der Waals surface area contributed by atoms with Crippen molar-refractivity contribution in [2.24, 2.45) is 5.92 Å². The number of allylic oxidation sites excluding steroid dienone is 2. The van der Waals surface area contributed by atoms with Crippen molar-refractivity contribution >= 4 is 0 Å². The van der Waals surface area contributed by atoms with Gasteiger partial charge in [0.05, 0.1) is 5.92 Å². The normalized spacial score (nSPS) is 23.6. The highest BCUT2D eigenvalue weighted by molar-refractivity contribution is 5.22. The van der Waals surface area contributed by atoms with E-state index < -0.39 is 0 Å². The van der Waals surface area contributed by atoms with Gasteiger partial charge in [0, 0.05) is 0 Å². The van der Waals surface area contributed by atoms with Crippen LogP contribution in [-0.4, -0.2) is 0 Å². The molecule has 10 heavy (non-hydrogen) atoms. The Kier molecular flexibility index (Phi) is 1.24. The molecular formula is C8H7O2. The Balaban J connectivity index is 2.00. The Morgan fingerprint density at radius 2 is 1.60 bits per heavy atom. The van der Waals surface area contributed by atoms with Crippen LogP contribution >= 0.6 is 0 Å². The van der Waals surface area contributed by atoms with E-state index in [2.05, 4.69) is 0 Å². The van der Waals surface area contributed by atoms with E-state index >= 15 is 0 Å². The van der Waals surface area contributed by atoms with Gasteiger partial charge in [-0.15, -0.1) is 0 Å². The van der Waals surface area contributed by atoms with E-state index in [9.17, 15) is 0 Å². The molecule has 0 saturated carbocycles. The van der Waals surface area contributed by atoms with Crippen LogP contribution in [0.1, 0.15) is 0 Å². The van der Waals surface area contributed by atoms with Crippen molar-refractivity contribution in [1.82, 2.24) is 0 Å². The first-order valence-electron chi connectivity index (χ1n) is 3.17. The third-order valence-electron chi connectivity index (χ3n) is 1.44. The summed E-state index contributed by atoms with van der Waals surface area (Å²) in [6, 6.07) is 0. The lowest BCUT2D eigenvalue weighted by molar-refractivity contribution is 0.0754. The molecule has 2 rings (SSSR count). The topological polar surface area (TPSA) is 18.5 Å². The molecule has 1 aliphatic heterocycles. The zero-order valence-electron chi connectivity index (χ0n) is 5.36. The lowest BCUT2D eigenvalue weighted by atomic mass is 10.2. The first-order chi connectivity index (χ1) is 4.97. The molecule has 2 nitrogen and oxygen atoms in total. The van der Waals surface area contributed by atoms with Gasteiger partial charge in [0.25, 0.3) is 0 Å². The number of hydrogen-bond acceptors (Lipinski definition) is 2.